The maximum atomic E-state index is 11.7. The van der Waals surface area contributed by atoms with E-state index in [0.717, 1.165) is 5.01 Å². The molecule has 1 N–H and O–H groups in total. The van der Waals surface area contributed by atoms with Crippen LogP contribution in [0, 0.1) is 6.92 Å². The van der Waals surface area contributed by atoms with Crippen molar-refractivity contribution >= 4 is 34.5 Å². The normalized spacial score (nSPS) is 10.1. The van der Waals surface area contributed by atoms with Crippen LogP contribution in [0.1, 0.15) is 15.5 Å². The lowest BCUT2D eigenvalue weighted by Crippen LogP contribution is -2.12. The van der Waals surface area contributed by atoms with Gasteiger partial charge in [-0.3, -0.25) is 4.79 Å². The molecule has 0 radical (unpaired) electrons. The molecule has 0 aromatic carbocycles. The lowest BCUT2D eigenvalue weighted by molar-refractivity contribution is 0.102. The molecule has 0 saturated heterocycles. The Bertz CT molecular complexity index is 509. The fourth-order valence-electron chi connectivity index (χ4n) is 1.11. The Kier molecular flexibility index (Phi) is 3.17. The van der Waals surface area contributed by atoms with Crippen molar-refractivity contribution in [1.82, 2.24) is 9.97 Å². The molecule has 2 aromatic rings. The molecule has 4 nitrogen and oxygen atoms in total. The van der Waals surface area contributed by atoms with E-state index in [1.807, 2.05) is 6.92 Å². The number of carbonyl (C=O) groups excluding carboxylic acids is 1. The predicted molar refractivity (Wildman–Crippen MR) is 64.1 cm³/mol. The van der Waals surface area contributed by atoms with Gasteiger partial charge in [0, 0.05) is 5.38 Å². The summed E-state index contributed by atoms with van der Waals surface area (Å²) in [5.41, 5.74) is 1.01. The average molecular weight is 254 g/mol. The molecule has 2 aromatic heterocycles. The van der Waals surface area contributed by atoms with Crippen LogP contribution in [0.25, 0.3) is 0 Å². The first-order valence-corrected chi connectivity index (χ1v) is 5.76. The Balaban J connectivity index is 2.10. The van der Waals surface area contributed by atoms with Gasteiger partial charge < -0.3 is 5.32 Å². The van der Waals surface area contributed by atoms with Gasteiger partial charge in [0.05, 0.1) is 16.9 Å². The number of pyridine rings is 1. The van der Waals surface area contributed by atoms with Gasteiger partial charge in [-0.15, -0.1) is 11.3 Å². The second-order valence-corrected chi connectivity index (χ2v) is 4.52. The number of halogens is 1. The Morgan fingerprint density at radius 3 is 2.88 bits per heavy atom. The van der Waals surface area contributed by atoms with Gasteiger partial charge >= 0.3 is 0 Å². The van der Waals surface area contributed by atoms with Crippen molar-refractivity contribution in [2.45, 2.75) is 6.92 Å². The monoisotopic (exact) mass is 253 g/mol. The molecule has 0 atom stereocenters. The molecule has 0 aliphatic rings. The van der Waals surface area contributed by atoms with E-state index < -0.39 is 0 Å². The van der Waals surface area contributed by atoms with Gasteiger partial charge in [-0.05, 0) is 19.1 Å². The number of rotatable bonds is 2. The van der Waals surface area contributed by atoms with Crippen molar-refractivity contribution < 1.29 is 4.79 Å². The summed E-state index contributed by atoms with van der Waals surface area (Å²) in [4.78, 5) is 19.6. The van der Waals surface area contributed by atoms with Gasteiger partial charge in [-0.1, -0.05) is 11.6 Å². The molecule has 0 saturated carbocycles. The predicted octanol–water partition coefficient (Wildman–Crippen LogP) is 2.75. The van der Waals surface area contributed by atoms with Gasteiger partial charge in [0.15, 0.2) is 0 Å². The molecule has 0 aliphatic heterocycles. The van der Waals surface area contributed by atoms with Gasteiger partial charge in [0.2, 0.25) is 0 Å². The van der Waals surface area contributed by atoms with Crippen LogP contribution in [0.3, 0.4) is 0 Å². The van der Waals surface area contributed by atoms with Crippen LogP contribution in [0.5, 0.6) is 0 Å². The fourth-order valence-corrected chi connectivity index (χ4v) is 1.82. The van der Waals surface area contributed by atoms with Crippen LogP contribution in [0.4, 0.5) is 5.69 Å². The summed E-state index contributed by atoms with van der Waals surface area (Å²) < 4.78 is 0. The third-order valence-electron chi connectivity index (χ3n) is 1.84. The SMILES string of the molecule is Cc1nc(C(=O)Nc2ccc(Cl)nc2)cs1. The van der Waals surface area contributed by atoms with Crippen molar-refractivity contribution in [3.8, 4) is 0 Å². The minimum absolute atomic E-state index is 0.242. The Morgan fingerprint density at radius 1 is 1.50 bits per heavy atom. The molecule has 0 spiro atoms. The largest absolute Gasteiger partial charge is 0.319 e. The molecule has 0 unspecified atom stereocenters. The minimum atomic E-state index is -0.242. The summed E-state index contributed by atoms with van der Waals surface area (Å²) in [6, 6.07) is 3.30. The summed E-state index contributed by atoms with van der Waals surface area (Å²) in [5, 5.41) is 5.65. The second kappa shape index (κ2) is 4.59. The number of hydrogen-bond donors (Lipinski definition) is 1. The smallest absolute Gasteiger partial charge is 0.275 e. The van der Waals surface area contributed by atoms with Crippen LogP contribution >= 0.6 is 22.9 Å². The number of thiazole rings is 1. The summed E-state index contributed by atoms with van der Waals surface area (Å²) in [7, 11) is 0. The van der Waals surface area contributed by atoms with E-state index in [-0.39, 0.29) is 5.91 Å². The lowest BCUT2D eigenvalue weighted by Gasteiger charge is -2.01. The number of carbonyl (C=O) groups is 1. The highest BCUT2D eigenvalue weighted by Crippen LogP contribution is 2.13. The zero-order valence-electron chi connectivity index (χ0n) is 8.40. The highest BCUT2D eigenvalue weighted by atomic mass is 35.5. The molecule has 0 fully saturated rings. The highest BCUT2D eigenvalue weighted by Gasteiger charge is 2.09. The lowest BCUT2D eigenvalue weighted by atomic mass is 10.4. The van der Waals surface area contributed by atoms with Crippen molar-refractivity contribution in [1.29, 1.82) is 0 Å². The second-order valence-electron chi connectivity index (χ2n) is 3.08. The molecular formula is C10H8ClN3OS. The standard InChI is InChI=1S/C10H8ClN3OS/c1-6-13-8(5-16-6)10(15)14-7-2-3-9(11)12-4-7/h2-5H,1H3,(H,14,15). The van der Waals surface area contributed by atoms with Crippen molar-refractivity contribution in [2.24, 2.45) is 0 Å². The first-order chi connectivity index (χ1) is 7.65. The van der Waals surface area contributed by atoms with Crippen molar-refractivity contribution in [3.63, 3.8) is 0 Å². The third kappa shape index (κ3) is 2.56. The third-order valence-corrected chi connectivity index (χ3v) is 2.83. The van der Waals surface area contributed by atoms with Crippen LogP contribution in [-0.2, 0) is 0 Å². The van der Waals surface area contributed by atoms with Crippen LogP contribution in [0.15, 0.2) is 23.7 Å². The van der Waals surface area contributed by atoms with E-state index >= 15 is 0 Å². The Morgan fingerprint density at radius 2 is 2.31 bits per heavy atom. The molecule has 16 heavy (non-hydrogen) atoms. The van der Waals surface area contributed by atoms with E-state index in [4.69, 9.17) is 11.6 Å². The zero-order valence-corrected chi connectivity index (χ0v) is 9.97. The Hall–Kier alpha value is -1.46. The van der Waals surface area contributed by atoms with E-state index in [2.05, 4.69) is 15.3 Å². The topological polar surface area (TPSA) is 54.9 Å². The van der Waals surface area contributed by atoms with Crippen LogP contribution in [0.2, 0.25) is 5.15 Å². The molecule has 82 valence electrons. The fraction of sp³-hybridized carbons (Fsp3) is 0.100. The first-order valence-electron chi connectivity index (χ1n) is 4.50. The molecular weight excluding hydrogens is 246 g/mol. The average Bonchev–Trinajstić information content (AvgIpc) is 2.68. The van der Waals surface area contributed by atoms with Gasteiger partial charge in [0.25, 0.3) is 5.91 Å². The Labute approximate surface area is 101 Å². The van der Waals surface area contributed by atoms with Crippen molar-refractivity contribution in [2.75, 3.05) is 5.32 Å². The van der Waals surface area contributed by atoms with Crippen LogP contribution in [-0.4, -0.2) is 15.9 Å². The van der Waals surface area contributed by atoms with E-state index in [1.165, 1.54) is 17.5 Å². The van der Waals surface area contributed by atoms with E-state index in [0.29, 0.717) is 16.5 Å². The van der Waals surface area contributed by atoms with Gasteiger partial charge in [0.1, 0.15) is 10.8 Å². The number of aryl methyl sites for hydroxylation is 1. The number of hydrogen-bond acceptors (Lipinski definition) is 4. The van der Waals surface area contributed by atoms with Gasteiger partial charge in [-0.2, -0.15) is 0 Å². The zero-order chi connectivity index (χ0) is 11.5. The summed E-state index contributed by atoms with van der Waals surface area (Å²) in [6.07, 6.45) is 1.50. The van der Waals surface area contributed by atoms with E-state index in [1.54, 1.807) is 17.5 Å². The number of anilines is 1. The van der Waals surface area contributed by atoms with E-state index in [9.17, 15) is 4.79 Å². The molecule has 6 heteroatoms. The molecule has 0 bridgehead atoms. The van der Waals surface area contributed by atoms with Crippen LogP contribution < -0.4 is 5.32 Å². The number of nitrogens with one attached hydrogen (secondary N) is 1. The molecule has 2 heterocycles. The molecule has 1 amide bonds. The number of amides is 1. The number of nitrogens with zero attached hydrogens (tertiary/aromatic N) is 2. The van der Waals surface area contributed by atoms with Crippen molar-refractivity contribution in [3.05, 3.63) is 39.6 Å². The maximum Gasteiger partial charge on any atom is 0.275 e. The number of aromatic nitrogens is 2. The maximum absolute atomic E-state index is 11.7. The minimum Gasteiger partial charge on any atom is -0.319 e. The summed E-state index contributed by atoms with van der Waals surface area (Å²) in [5.74, 6) is -0.242. The first kappa shape index (κ1) is 11.0. The highest BCUT2D eigenvalue weighted by molar-refractivity contribution is 7.09. The molecule has 0 aliphatic carbocycles. The molecule has 2 rings (SSSR count). The van der Waals surface area contributed by atoms with Gasteiger partial charge in [-0.25, -0.2) is 9.97 Å². The quantitative estimate of drug-likeness (QED) is 0.838. The summed E-state index contributed by atoms with van der Waals surface area (Å²) in [6.45, 7) is 1.85. The summed E-state index contributed by atoms with van der Waals surface area (Å²) >= 11 is 7.07.